The summed E-state index contributed by atoms with van der Waals surface area (Å²) in [6.07, 6.45) is 5.45. The summed E-state index contributed by atoms with van der Waals surface area (Å²) >= 11 is 11.9. The molecule has 0 spiro atoms. The minimum absolute atomic E-state index is 0.763. The summed E-state index contributed by atoms with van der Waals surface area (Å²) in [5.41, 5.74) is 4.92. The maximum atomic E-state index is 5.94. The smallest absolute Gasteiger partial charge is 0.0406 e. The van der Waals surface area contributed by atoms with Gasteiger partial charge >= 0.3 is 0 Å². The average Bonchev–Trinajstić information content (AvgIpc) is 2.90. The summed E-state index contributed by atoms with van der Waals surface area (Å²) in [6, 6.07) is 15.9. The van der Waals surface area contributed by atoms with Crippen molar-refractivity contribution in [2.45, 2.75) is 6.42 Å². The highest BCUT2D eigenvalue weighted by Gasteiger charge is 2.13. The third-order valence-electron chi connectivity index (χ3n) is 3.24. The first-order chi connectivity index (χ1) is 9.24. The largest absolute Gasteiger partial charge is 0.0843 e. The zero-order valence-corrected chi connectivity index (χ0v) is 11.7. The van der Waals surface area contributed by atoms with E-state index in [9.17, 15) is 0 Å². The van der Waals surface area contributed by atoms with Gasteiger partial charge in [0.2, 0.25) is 0 Å². The molecule has 0 nitrogen and oxygen atoms in total. The Morgan fingerprint density at radius 2 is 0.947 bits per heavy atom. The molecule has 2 aromatic rings. The Kier molecular flexibility index (Phi) is 3.46. The molecular weight excluding hydrogens is 275 g/mol. The molecule has 0 saturated heterocycles. The molecule has 2 aromatic carbocycles. The van der Waals surface area contributed by atoms with E-state index in [4.69, 9.17) is 23.2 Å². The van der Waals surface area contributed by atoms with E-state index in [1.165, 1.54) is 22.3 Å². The van der Waals surface area contributed by atoms with Crippen LogP contribution in [0.2, 0.25) is 10.0 Å². The SMILES string of the molecule is Clc1ccc(C2=CCC=C2c2ccc(Cl)cc2)cc1. The highest BCUT2D eigenvalue weighted by atomic mass is 35.5. The topological polar surface area (TPSA) is 0 Å². The molecule has 0 unspecified atom stereocenters. The Bertz CT molecular complexity index is 587. The van der Waals surface area contributed by atoms with Crippen LogP contribution in [0.25, 0.3) is 11.1 Å². The fraction of sp³-hybridized carbons (Fsp3) is 0.0588. The second-order valence-corrected chi connectivity index (χ2v) is 5.36. The monoisotopic (exact) mass is 286 g/mol. The van der Waals surface area contributed by atoms with E-state index in [1.807, 2.05) is 24.3 Å². The maximum absolute atomic E-state index is 5.94. The molecule has 0 fully saturated rings. The lowest BCUT2D eigenvalue weighted by molar-refractivity contribution is 1.45. The molecule has 0 bridgehead atoms. The van der Waals surface area contributed by atoms with Crippen LogP contribution in [0.1, 0.15) is 17.5 Å². The maximum Gasteiger partial charge on any atom is 0.0406 e. The van der Waals surface area contributed by atoms with Crippen LogP contribution in [0.15, 0.2) is 60.7 Å². The Morgan fingerprint density at radius 3 is 1.32 bits per heavy atom. The lowest BCUT2D eigenvalue weighted by atomic mass is 9.95. The van der Waals surface area contributed by atoms with E-state index in [-0.39, 0.29) is 0 Å². The van der Waals surface area contributed by atoms with E-state index in [2.05, 4.69) is 36.4 Å². The number of halogens is 2. The Labute approximate surface area is 123 Å². The summed E-state index contributed by atoms with van der Waals surface area (Å²) in [5, 5.41) is 1.53. The van der Waals surface area contributed by atoms with Gasteiger partial charge in [-0.1, -0.05) is 59.6 Å². The summed E-state index contributed by atoms with van der Waals surface area (Å²) in [5.74, 6) is 0. The molecular formula is C17H12Cl2. The highest BCUT2D eigenvalue weighted by Crippen LogP contribution is 2.36. The number of hydrogen-bond donors (Lipinski definition) is 0. The van der Waals surface area contributed by atoms with E-state index < -0.39 is 0 Å². The molecule has 0 N–H and O–H groups in total. The van der Waals surface area contributed by atoms with Gasteiger partial charge in [0.15, 0.2) is 0 Å². The average molecular weight is 287 g/mol. The molecule has 0 saturated carbocycles. The van der Waals surface area contributed by atoms with Crippen molar-refractivity contribution < 1.29 is 0 Å². The van der Waals surface area contributed by atoms with Crippen molar-refractivity contribution in [2.75, 3.05) is 0 Å². The molecule has 2 heteroatoms. The third-order valence-corrected chi connectivity index (χ3v) is 3.75. The molecule has 19 heavy (non-hydrogen) atoms. The van der Waals surface area contributed by atoms with Gasteiger partial charge in [0.25, 0.3) is 0 Å². The first kappa shape index (κ1) is 12.5. The molecule has 0 heterocycles. The minimum Gasteiger partial charge on any atom is -0.0843 e. The van der Waals surface area contributed by atoms with Crippen molar-refractivity contribution in [3.05, 3.63) is 81.9 Å². The zero-order valence-electron chi connectivity index (χ0n) is 10.2. The molecule has 0 aromatic heterocycles. The van der Waals surface area contributed by atoms with Crippen LogP contribution >= 0.6 is 23.2 Å². The van der Waals surface area contributed by atoms with Gasteiger partial charge < -0.3 is 0 Å². The van der Waals surface area contributed by atoms with Crippen molar-refractivity contribution in [2.24, 2.45) is 0 Å². The molecule has 0 amide bonds. The van der Waals surface area contributed by atoms with Gasteiger partial charge in [0.05, 0.1) is 0 Å². The predicted octanol–water partition coefficient (Wildman–Crippen LogP) is 5.86. The predicted molar refractivity (Wildman–Crippen MR) is 83.5 cm³/mol. The highest BCUT2D eigenvalue weighted by molar-refractivity contribution is 6.31. The van der Waals surface area contributed by atoms with Crippen LogP contribution in [0, 0.1) is 0 Å². The molecule has 0 atom stereocenters. The van der Waals surface area contributed by atoms with Gasteiger partial charge in [0.1, 0.15) is 0 Å². The fourth-order valence-corrected chi connectivity index (χ4v) is 2.57. The molecule has 94 valence electrons. The summed E-state index contributed by atoms with van der Waals surface area (Å²) in [7, 11) is 0. The number of rotatable bonds is 2. The quantitative estimate of drug-likeness (QED) is 0.648. The van der Waals surface area contributed by atoms with Crippen molar-refractivity contribution >= 4 is 34.3 Å². The van der Waals surface area contributed by atoms with Gasteiger partial charge in [-0.25, -0.2) is 0 Å². The van der Waals surface area contributed by atoms with E-state index >= 15 is 0 Å². The normalized spacial score (nSPS) is 14.2. The first-order valence-electron chi connectivity index (χ1n) is 6.16. The molecule has 3 rings (SSSR count). The summed E-state index contributed by atoms with van der Waals surface area (Å²) in [6.45, 7) is 0. The van der Waals surface area contributed by atoms with Crippen molar-refractivity contribution in [1.82, 2.24) is 0 Å². The summed E-state index contributed by atoms with van der Waals surface area (Å²) < 4.78 is 0. The van der Waals surface area contributed by atoms with Gasteiger partial charge in [-0.15, -0.1) is 0 Å². The van der Waals surface area contributed by atoms with Crippen LogP contribution in [0.5, 0.6) is 0 Å². The minimum atomic E-state index is 0.763. The van der Waals surface area contributed by atoms with E-state index in [1.54, 1.807) is 0 Å². The van der Waals surface area contributed by atoms with E-state index in [0.29, 0.717) is 0 Å². The third kappa shape index (κ3) is 2.60. The van der Waals surface area contributed by atoms with Gasteiger partial charge in [-0.2, -0.15) is 0 Å². The lowest BCUT2D eigenvalue weighted by Crippen LogP contribution is -1.87. The van der Waals surface area contributed by atoms with Crippen LogP contribution in [0.3, 0.4) is 0 Å². The summed E-state index contributed by atoms with van der Waals surface area (Å²) in [4.78, 5) is 0. The molecule has 1 aliphatic rings. The molecule has 0 aliphatic heterocycles. The zero-order chi connectivity index (χ0) is 13.2. The Balaban J connectivity index is 1.97. The van der Waals surface area contributed by atoms with Gasteiger partial charge in [-0.05, 0) is 53.0 Å². The Morgan fingerprint density at radius 1 is 0.579 bits per heavy atom. The van der Waals surface area contributed by atoms with Gasteiger partial charge in [-0.3, -0.25) is 0 Å². The Hall–Kier alpha value is -1.50. The fourth-order valence-electron chi connectivity index (χ4n) is 2.32. The van der Waals surface area contributed by atoms with Crippen molar-refractivity contribution in [3.8, 4) is 0 Å². The number of benzene rings is 2. The van der Waals surface area contributed by atoms with E-state index in [0.717, 1.165) is 16.5 Å². The van der Waals surface area contributed by atoms with Crippen molar-refractivity contribution in [3.63, 3.8) is 0 Å². The van der Waals surface area contributed by atoms with Crippen molar-refractivity contribution in [1.29, 1.82) is 0 Å². The molecule has 1 aliphatic carbocycles. The second kappa shape index (κ2) is 5.24. The standard InChI is InChI=1S/C17H12Cl2/c18-14-8-4-12(5-9-14)16-2-1-3-17(16)13-6-10-15(19)11-7-13/h2-11H,1H2. The second-order valence-electron chi connectivity index (χ2n) is 4.49. The number of allylic oxidation sites excluding steroid dienone is 4. The van der Waals surface area contributed by atoms with Crippen LogP contribution in [0.4, 0.5) is 0 Å². The van der Waals surface area contributed by atoms with Gasteiger partial charge in [0, 0.05) is 10.0 Å². The lowest BCUT2D eigenvalue weighted by Gasteiger charge is -2.10. The molecule has 0 radical (unpaired) electrons. The van der Waals surface area contributed by atoms with Crippen LogP contribution in [-0.2, 0) is 0 Å². The first-order valence-corrected chi connectivity index (χ1v) is 6.92. The van der Waals surface area contributed by atoms with Crippen LogP contribution < -0.4 is 0 Å². The number of hydrogen-bond acceptors (Lipinski definition) is 0. The van der Waals surface area contributed by atoms with Crippen LogP contribution in [-0.4, -0.2) is 0 Å².